The van der Waals surface area contributed by atoms with E-state index in [2.05, 4.69) is 10.3 Å². The van der Waals surface area contributed by atoms with Crippen LogP contribution in [0.3, 0.4) is 0 Å². The van der Waals surface area contributed by atoms with Gasteiger partial charge in [-0.25, -0.2) is 4.98 Å². The second kappa shape index (κ2) is 4.93. The van der Waals surface area contributed by atoms with Gasteiger partial charge >= 0.3 is 0 Å². The van der Waals surface area contributed by atoms with Crippen LogP contribution in [0, 0.1) is 5.92 Å². The van der Waals surface area contributed by atoms with Crippen molar-refractivity contribution in [2.75, 3.05) is 0 Å². The highest BCUT2D eigenvalue weighted by Crippen LogP contribution is 2.22. The molecule has 0 bridgehead atoms. The Hall–Kier alpha value is -0.940. The molecule has 16 heavy (non-hydrogen) atoms. The summed E-state index contributed by atoms with van der Waals surface area (Å²) in [4.78, 5) is 16.0. The minimum atomic E-state index is -0.473. The summed E-state index contributed by atoms with van der Waals surface area (Å²) in [6.07, 6.45) is 1.73. The fourth-order valence-electron chi connectivity index (χ4n) is 1.28. The van der Waals surface area contributed by atoms with Gasteiger partial charge < -0.3 is 11.1 Å². The molecule has 0 radical (unpaired) electrons. The van der Waals surface area contributed by atoms with Crippen molar-refractivity contribution in [1.29, 1.82) is 0 Å². The first-order chi connectivity index (χ1) is 7.34. The predicted molar refractivity (Wildman–Crippen MR) is 66.1 cm³/mol. The van der Waals surface area contributed by atoms with E-state index in [1.165, 1.54) is 11.3 Å². The van der Waals surface area contributed by atoms with Gasteiger partial charge in [0.05, 0.1) is 11.6 Å². The van der Waals surface area contributed by atoms with E-state index in [1.54, 1.807) is 6.20 Å². The van der Waals surface area contributed by atoms with Crippen LogP contribution in [-0.4, -0.2) is 16.9 Å². The standard InChI is InChI=1S/C11H19N3OS/c1-7(2)8(12)9(15)14-11(3,4)10-13-5-6-16-10/h5-8H,12H2,1-4H3,(H,14,15)/t8-/m0/s1. The Labute approximate surface area is 100 Å². The highest BCUT2D eigenvalue weighted by atomic mass is 32.1. The quantitative estimate of drug-likeness (QED) is 0.839. The smallest absolute Gasteiger partial charge is 0.237 e. The molecule has 0 fully saturated rings. The average molecular weight is 241 g/mol. The number of nitrogens with two attached hydrogens (primary N) is 1. The normalized spacial score (nSPS) is 13.9. The number of nitrogens with zero attached hydrogens (tertiary/aromatic N) is 1. The lowest BCUT2D eigenvalue weighted by atomic mass is 10.0. The van der Waals surface area contributed by atoms with Gasteiger partial charge in [0, 0.05) is 11.6 Å². The van der Waals surface area contributed by atoms with Gasteiger partial charge in [-0.05, 0) is 19.8 Å². The Morgan fingerprint density at radius 3 is 2.62 bits per heavy atom. The van der Waals surface area contributed by atoms with E-state index in [1.807, 2.05) is 33.1 Å². The van der Waals surface area contributed by atoms with Crippen LogP contribution < -0.4 is 11.1 Å². The lowest BCUT2D eigenvalue weighted by molar-refractivity contribution is -0.124. The SMILES string of the molecule is CC(C)[C@H](N)C(=O)NC(C)(C)c1nccs1. The van der Waals surface area contributed by atoms with E-state index in [0.717, 1.165) is 5.01 Å². The third-order valence-corrected chi connectivity index (χ3v) is 3.52. The Bertz CT molecular complexity index is 346. The molecule has 0 spiro atoms. The fraction of sp³-hybridized carbons (Fsp3) is 0.636. The van der Waals surface area contributed by atoms with Crippen LogP contribution in [0.15, 0.2) is 11.6 Å². The van der Waals surface area contributed by atoms with Crippen LogP contribution in [0.25, 0.3) is 0 Å². The number of nitrogens with one attached hydrogen (secondary N) is 1. The van der Waals surface area contributed by atoms with Crippen molar-refractivity contribution in [3.05, 3.63) is 16.6 Å². The predicted octanol–water partition coefficient (Wildman–Crippen LogP) is 1.48. The lowest BCUT2D eigenvalue weighted by Crippen LogP contribution is -2.50. The van der Waals surface area contributed by atoms with Gasteiger partial charge in [0.2, 0.25) is 5.91 Å². The van der Waals surface area contributed by atoms with Gasteiger partial charge in [-0.1, -0.05) is 13.8 Å². The summed E-state index contributed by atoms with van der Waals surface area (Å²) in [6, 6.07) is -0.473. The number of aromatic nitrogens is 1. The third kappa shape index (κ3) is 3.02. The average Bonchev–Trinajstić information content (AvgIpc) is 2.68. The van der Waals surface area contributed by atoms with Crippen LogP contribution in [0.5, 0.6) is 0 Å². The number of carbonyl (C=O) groups is 1. The Kier molecular flexibility index (Phi) is 4.04. The summed E-state index contributed by atoms with van der Waals surface area (Å²) in [5.74, 6) is 0.00212. The van der Waals surface area contributed by atoms with Crippen molar-refractivity contribution in [2.45, 2.75) is 39.3 Å². The zero-order valence-corrected chi connectivity index (χ0v) is 11.0. The topological polar surface area (TPSA) is 68.0 Å². The number of carbonyl (C=O) groups excluding carboxylic acids is 1. The third-order valence-electron chi connectivity index (χ3n) is 2.42. The van der Waals surface area contributed by atoms with Gasteiger partial charge in [0.15, 0.2) is 0 Å². The molecule has 1 heterocycles. The summed E-state index contributed by atoms with van der Waals surface area (Å²) in [7, 11) is 0. The number of hydrogen-bond donors (Lipinski definition) is 2. The van der Waals surface area contributed by atoms with E-state index in [9.17, 15) is 4.79 Å². The van der Waals surface area contributed by atoms with E-state index >= 15 is 0 Å². The molecule has 0 aromatic carbocycles. The van der Waals surface area contributed by atoms with Crippen LogP contribution in [0.2, 0.25) is 0 Å². The van der Waals surface area contributed by atoms with Gasteiger partial charge in [-0.2, -0.15) is 0 Å². The minimum Gasteiger partial charge on any atom is -0.343 e. The lowest BCUT2D eigenvalue weighted by Gasteiger charge is -2.26. The largest absolute Gasteiger partial charge is 0.343 e. The van der Waals surface area contributed by atoms with E-state index in [4.69, 9.17) is 5.73 Å². The second-order valence-electron chi connectivity index (χ2n) is 4.72. The zero-order chi connectivity index (χ0) is 12.3. The first-order valence-corrected chi connectivity index (χ1v) is 6.20. The number of amides is 1. The maximum atomic E-state index is 11.8. The number of hydrogen-bond acceptors (Lipinski definition) is 4. The summed E-state index contributed by atoms with van der Waals surface area (Å²) < 4.78 is 0. The highest BCUT2D eigenvalue weighted by Gasteiger charge is 2.28. The molecule has 90 valence electrons. The van der Waals surface area contributed by atoms with Crippen molar-refractivity contribution in [1.82, 2.24) is 10.3 Å². The van der Waals surface area contributed by atoms with Crippen molar-refractivity contribution < 1.29 is 4.79 Å². The maximum absolute atomic E-state index is 11.8. The van der Waals surface area contributed by atoms with Crippen LogP contribution in [-0.2, 0) is 10.3 Å². The summed E-state index contributed by atoms with van der Waals surface area (Å²) >= 11 is 1.53. The van der Waals surface area contributed by atoms with Gasteiger partial charge in [-0.3, -0.25) is 4.79 Å². The molecule has 0 unspecified atom stereocenters. The first kappa shape index (κ1) is 13.1. The highest BCUT2D eigenvalue weighted by molar-refractivity contribution is 7.09. The molecule has 1 aromatic heterocycles. The van der Waals surface area contributed by atoms with Crippen molar-refractivity contribution in [2.24, 2.45) is 11.7 Å². The van der Waals surface area contributed by atoms with Crippen molar-refractivity contribution in [3.63, 3.8) is 0 Å². The first-order valence-electron chi connectivity index (χ1n) is 5.32. The van der Waals surface area contributed by atoms with E-state index in [-0.39, 0.29) is 11.8 Å². The molecular formula is C11H19N3OS. The van der Waals surface area contributed by atoms with Crippen LogP contribution in [0.1, 0.15) is 32.7 Å². The molecule has 4 nitrogen and oxygen atoms in total. The summed E-state index contributed by atoms with van der Waals surface area (Å²) in [5, 5.41) is 5.70. The number of thiazole rings is 1. The van der Waals surface area contributed by atoms with E-state index in [0.29, 0.717) is 0 Å². The molecule has 5 heteroatoms. The fourth-order valence-corrected chi connectivity index (χ4v) is 2.00. The molecule has 3 N–H and O–H groups in total. The molecule has 0 saturated heterocycles. The van der Waals surface area contributed by atoms with Crippen LogP contribution >= 0.6 is 11.3 Å². The van der Waals surface area contributed by atoms with Crippen molar-refractivity contribution >= 4 is 17.2 Å². The second-order valence-corrected chi connectivity index (χ2v) is 5.62. The molecule has 0 saturated carbocycles. The van der Waals surface area contributed by atoms with Gasteiger partial charge in [0.1, 0.15) is 5.01 Å². The Balaban J connectivity index is 2.70. The molecule has 1 amide bonds. The van der Waals surface area contributed by atoms with Crippen molar-refractivity contribution in [3.8, 4) is 0 Å². The Morgan fingerprint density at radius 2 is 2.19 bits per heavy atom. The monoisotopic (exact) mass is 241 g/mol. The van der Waals surface area contributed by atoms with E-state index < -0.39 is 11.6 Å². The summed E-state index contributed by atoms with van der Waals surface area (Å²) in [5.41, 5.74) is 5.33. The molecule has 0 aliphatic rings. The van der Waals surface area contributed by atoms with Gasteiger partial charge in [0.25, 0.3) is 0 Å². The number of rotatable bonds is 4. The summed E-state index contributed by atoms with van der Waals surface area (Å²) in [6.45, 7) is 7.72. The zero-order valence-electron chi connectivity index (χ0n) is 10.2. The van der Waals surface area contributed by atoms with Gasteiger partial charge in [-0.15, -0.1) is 11.3 Å². The maximum Gasteiger partial charge on any atom is 0.237 e. The minimum absolute atomic E-state index is 0.129. The Morgan fingerprint density at radius 1 is 1.56 bits per heavy atom. The van der Waals surface area contributed by atoms with Crippen LogP contribution in [0.4, 0.5) is 0 Å². The molecule has 1 rings (SSSR count). The molecule has 1 atom stereocenters. The molecule has 0 aliphatic carbocycles. The molecular weight excluding hydrogens is 222 g/mol. The molecule has 0 aliphatic heterocycles. The molecule has 1 aromatic rings.